The van der Waals surface area contributed by atoms with Crippen LogP contribution in [0.5, 0.6) is 0 Å². The van der Waals surface area contributed by atoms with Crippen LogP contribution in [0.1, 0.15) is 33.4 Å². The number of carbonyl (C=O) groups is 2. The predicted molar refractivity (Wildman–Crippen MR) is 134 cm³/mol. The monoisotopic (exact) mass is 488 g/mol. The Hall–Kier alpha value is -3.78. The number of benzene rings is 2. The van der Waals surface area contributed by atoms with Crippen LogP contribution in [-0.4, -0.2) is 73.0 Å². The zero-order chi connectivity index (χ0) is 25.1. The molecule has 2 aliphatic rings. The molecule has 2 aliphatic heterocycles. The summed E-state index contributed by atoms with van der Waals surface area (Å²) in [5.74, 6) is -0.262. The molecule has 2 aromatic carbocycles. The second-order valence-corrected chi connectivity index (χ2v) is 9.05. The van der Waals surface area contributed by atoms with Gasteiger partial charge in [0.05, 0.1) is 18.6 Å². The van der Waals surface area contributed by atoms with Gasteiger partial charge in [-0.3, -0.25) is 9.59 Å². The topological polar surface area (TPSA) is 66.0 Å². The maximum Gasteiger partial charge on any atom is 0.254 e. The number of fused-ring (bicyclic) bond motifs is 1. The predicted octanol–water partition coefficient (Wildman–Crippen LogP) is 3.50. The molecule has 7 nitrogen and oxygen atoms in total. The molecule has 186 valence electrons. The van der Waals surface area contributed by atoms with Crippen molar-refractivity contribution in [3.05, 3.63) is 95.4 Å². The smallest absolute Gasteiger partial charge is 0.254 e. The Morgan fingerprint density at radius 2 is 1.72 bits per heavy atom. The lowest BCUT2D eigenvalue weighted by molar-refractivity contribution is -0.135. The minimum Gasteiger partial charge on any atom is -0.383 e. The molecule has 0 saturated carbocycles. The summed E-state index contributed by atoms with van der Waals surface area (Å²) >= 11 is 0. The van der Waals surface area contributed by atoms with Gasteiger partial charge in [-0.25, -0.2) is 9.37 Å². The number of nitrogens with zero attached hydrogens (tertiary/aromatic N) is 4. The highest BCUT2D eigenvalue weighted by Crippen LogP contribution is 2.43. The molecule has 2 amide bonds. The zero-order valence-corrected chi connectivity index (χ0v) is 20.2. The Morgan fingerprint density at radius 3 is 2.42 bits per heavy atom. The van der Waals surface area contributed by atoms with Gasteiger partial charge in [-0.2, -0.15) is 0 Å². The van der Waals surface area contributed by atoms with Gasteiger partial charge in [-0.1, -0.05) is 36.4 Å². The first kappa shape index (κ1) is 23.9. The summed E-state index contributed by atoms with van der Waals surface area (Å²) < 4.78 is 19.1. The van der Waals surface area contributed by atoms with E-state index in [1.165, 1.54) is 12.1 Å². The molecule has 1 saturated heterocycles. The highest BCUT2D eigenvalue weighted by atomic mass is 19.1. The number of hydrogen-bond acceptors (Lipinski definition) is 5. The van der Waals surface area contributed by atoms with Crippen molar-refractivity contribution in [1.29, 1.82) is 0 Å². The van der Waals surface area contributed by atoms with Gasteiger partial charge in [-0.15, -0.1) is 0 Å². The van der Waals surface area contributed by atoms with Crippen molar-refractivity contribution in [3.8, 4) is 0 Å². The van der Waals surface area contributed by atoms with E-state index in [4.69, 9.17) is 4.74 Å². The molecule has 3 heterocycles. The van der Waals surface area contributed by atoms with Crippen molar-refractivity contribution in [3.63, 3.8) is 0 Å². The van der Waals surface area contributed by atoms with Crippen molar-refractivity contribution in [2.24, 2.45) is 0 Å². The van der Waals surface area contributed by atoms with Gasteiger partial charge in [0, 0.05) is 51.6 Å². The number of pyridine rings is 1. The van der Waals surface area contributed by atoms with Gasteiger partial charge in [-0.05, 0) is 41.5 Å². The lowest BCUT2D eigenvalue weighted by Gasteiger charge is -2.44. The third kappa shape index (κ3) is 4.56. The van der Waals surface area contributed by atoms with Crippen LogP contribution in [0.3, 0.4) is 0 Å². The number of anilines is 1. The Labute approximate surface area is 210 Å². The van der Waals surface area contributed by atoms with Crippen LogP contribution in [0.4, 0.5) is 10.2 Å². The van der Waals surface area contributed by atoms with Crippen molar-refractivity contribution in [2.45, 2.75) is 12.0 Å². The SMILES string of the molecule is COCCN1C(=O)c2ccccc2[C@H](C(=O)N2CCN(c3ccccn3)CC2)[C@@H]1c1ccc(F)cc1. The minimum absolute atomic E-state index is 0.0348. The highest BCUT2D eigenvalue weighted by molar-refractivity contribution is 6.01. The van der Waals surface area contributed by atoms with Crippen LogP contribution in [-0.2, 0) is 9.53 Å². The molecule has 0 unspecified atom stereocenters. The molecular formula is C28H29FN4O3. The fourth-order valence-corrected chi connectivity index (χ4v) is 5.22. The first-order valence-electron chi connectivity index (χ1n) is 12.2. The summed E-state index contributed by atoms with van der Waals surface area (Å²) in [6.45, 7) is 3.10. The van der Waals surface area contributed by atoms with E-state index in [0.29, 0.717) is 50.5 Å². The summed E-state index contributed by atoms with van der Waals surface area (Å²) in [5.41, 5.74) is 1.96. The number of hydrogen-bond donors (Lipinski definition) is 0. The molecule has 36 heavy (non-hydrogen) atoms. The molecule has 1 aromatic heterocycles. The van der Waals surface area contributed by atoms with Crippen LogP contribution >= 0.6 is 0 Å². The Balaban J connectivity index is 1.50. The maximum absolute atomic E-state index is 14.2. The van der Waals surface area contributed by atoms with Crippen molar-refractivity contribution in [1.82, 2.24) is 14.8 Å². The molecule has 2 atom stereocenters. The Bertz CT molecular complexity index is 1210. The van der Waals surface area contributed by atoms with E-state index in [1.54, 1.807) is 36.4 Å². The van der Waals surface area contributed by atoms with E-state index in [-0.39, 0.29) is 17.6 Å². The Kier molecular flexibility index (Phi) is 6.95. The number of carbonyl (C=O) groups excluding carboxylic acids is 2. The van der Waals surface area contributed by atoms with Crippen LogP contribution in [0.15, 0.2) is 72.9 Å². The first-order valence-corrected chi connectivity index (χ1v) is 12.2. The highest BCUT2D eigenvalue weighted by Gasteiger charge is 2.45. The molecule has 8 heteroatoms. The zero-order valence-electron chi connectivity index (χ0n) is 20.2. The number of methoxy groups -OCH3 is 1. The summed E-state index contributed by atoms with van der Waals surface area (Å²) in [7, 11) is 1.58. The number of amides is 2. The summed E-state index contributed by atoms with van der Waals surface area (Å²) in [6, 6.07) is 18.7. The molecule has 0 radical (unpaired) electrons. The average molecular weight is 489 g/mol. The summed E-state index contributed by atoms with van der Waals surface area (Å²) in [5, 5.41) is 0. The maximum atomic E-state index is 14.2. The van der Waals surface area contributed by atoms with Gasteiger partial charge >= 0.3 is 0 Å². The molecular weight excluding hydrogens is 459 g/mol. The van der Waals surface area contributed by atoms with Crippen molar-refractivity contribution >= 4 is 17.6 Å². The minimum atomic E-state index is -0.609. The normalized spacial score (nSPS) is 19.8. The van der Waals surface area contributed by atoms with E-state index in [1.807, 2.05) is 41.3 Å². The molecule has 0 spiro atoms. The van der Waals surface area contributed by atoms with Gasteiger partial charge in [0.15, 0.2) is 0 Å². The van der Waals surface area contributed by atoms with Gasteiger partial charge < -0.3 is 19.4 Å². The van der Waals surface area contributed by atoms with Gasteiger partial charge in [0.25, 0.3) is 5.91 Å². The third-order valence-corrected chi connectivity index (χ3v) is 7.02. The quantitative estimate of drug-likeness (QED) is 0.532. The molecule has 1 fully saturated rings. The number of ether oxygens (including phenoxy) is 1. The number of piperazine rings is 1. The number of halogens is 1. The standard InChI is InChI=1S/C28H29FN4O3/c1-36-19-18-33-26(20-9-11-21(29)12-10-20)25(22-6-2-3-7-23(22)27(33)34)28(35)32-16-14-31(15-17-32)24-8-4-5-13-30-24/h2-13,25-26H,14-19H2,1H3/t25-,26-/m0/s1. The van der Waals surface area contributed by atoms with Crippen molar-refractivity contribution in [2.75, 3.05) is 51.3 Å². The fourth-order valence-electron chi connectivity index (χ4n) is 5.22. The average Bonchev–Trinajstić information content (AvgIpc) is 2.93. The first-order chi connectivity index (χ1) is 17.6. The van der Waals surface area contributed by atoms with Gasteiger partial charge in [0.1, 0.15) is 11.6 Å². The van der Waals surface area contributed by atoms with E-state index in [2.05, 4.69) is 9.88 Å². The van der Waals surface area contributed by atoms with E-state index >= 15 is 0 Å². The van der Waals surface area contributed by atoms with E-state index in [0.717, 1.165) is 11.4 Å². The molecule has 3 aromatic rings. The second-order valence-electron chi connectivity index (χ2n) is 9.05. The summed E-state index contributed by atoms with van der Waals surface area (Å²) in [4.78, 5) is 37.9. The second kappa shape index (κ2) is 10.5. The van der Waals surface area contributed by atoms with Crippen LogP contribution in [0.25, 0.3) is 0 Å². The van der Waals surface area contributed by atoms with E-state index < -0.39 is 12.0 Å². The third-order valence-electron chi connectivity index (χ3n) is 7.02. The van der Waals surface area contributed by atoms with E-state index in [9.17, 15) is 14.0 Å². The molecule has 0 aliphatic carbocycles. The lowest BCUT2D eigenvalue weighted by Crippen LogP contribution is -2.54. The van der Waals surface area contributed by atoms with Crippen LogP contribution < -0.4 is 4.90 Å². The van der Waals surface area contributed by atoms with Crippen LogP contribution in [0.2, 0.25) is 0 Å². The number of rotatable bonds is 6. The summed E-state index contributed by atoms with van der Waals surface area (Å²) in [6.07, 6.45) is 1.77. The molecule has 5 rings (SSSR count). The number of aromatic nitrogens is 1. The van der Waals surface area contributed by atoms with Gasteiger partial charge in [0.2, 0.25) is 5.91 Å². The molecule has 0 N–H and O–H groups in total. The Morgan fingerprint density at radius 1 is 1.00 bits per heavy atom. The lowest BCUT2D eigenvalue weighted by atomic mass is 9.78. The van der Waals surface area contributed by atoms with Crippen molar-refractivity contribution < 1.29 is 18.7 Å². The van der Waals surface area contributed by atoms with Crippen LogP contribution in [0, 0.1) is 5.82 Å². The largest absolute Gasteiger partial charge is 0.383 e. The fraction of sp³-hybridized carbons (Fsp3) is 0.321. The molecule has 0 bridgehead atoms.